The Morgan fingerprint density at radius 3 is 2.34 bits per heavy atom. The highest BCUT2D eigenvalue weighted by Gasteiger charge is 2.30. The molecule has 11 heteroatoms. The van der Waals surface area contributed by atoms with Crippen LogP contribution in [0.25, 0.3) is 0 Å². The Labute approximate surface area is 271 Å². The van der Waals surface area contributed by atoms with Crippen LogP contribution in [0.4, 0.5) is 0 Å². The number of nitrogens with zero attached hydrogens (tertiary/aromatic N) is 1. The van der Waals surface area contributed by atoms with Crippen molar-refractivity contribution in [1.29, 1.82) is 0 Å². The number of halogens is 1. The molecule has 1 aliphatic heterocycles. The molecule has 0 aromatic heterocycles. The first-order chi connectivity index (χ1) is 20.7. The van der Waals surface area contributed by atoms with Gasteiger partial charge in [-0.2, -0.15) is 0 Å². The maximum Gasteiger partial charge on any atom is 0.223 e. The quantitative estimate of drug-likeness (QED) is 0.140. The predicted octanol–water partition coefficient (Wildman–Crippen LogP) is 3.29. The van der Waals surface area contributed by atoms with E-state index in [9.17, 15) is 9.90 Å². The average molecular weight is 646 g/mol. The molecule has 1 aromatic carbocycles. The lowest BCUT2D eigenvalue weighted by atomic mass is 9.81. The first-order valence-corrected chi connectivity index (χ1v) is 16.2. The van der Waals surface area contributed by atoms with Crippen molar-refractivity contribution in [2.24, 2.45) is 29.4 Å². The minimum atomic E-state index is -0.777. The minimum Gasteiger partial charge on any atom is -0.490 e. The minimum absolute atomic E-state index is 0. The number of benzene rings is 1. The topological polar surface area (TPSA) is 136 Å². The van der Waals surface area contributed by atoms with E-state index < -0.39 is 12.1 Å². The second-order valence-electron chi connectivity index (χ2n) is 12.4. The lowest BCUT2D eigenvalue weighted by Gasteiger charge is -2.30. The standard InChI is InChI=1S/C33H59N3O7.ClH/c1-24(2)27(20-26-8-9-31(42-16-6-14-37)32(21-26)43-17-7-15-40-5)22-29(34)30(38)23-28(25(3)4)33(39)35-10-11-36-12-18-41-19-13-36;/h8-9,21,24-25,27-30,37-38H,6-7,10-20,22-23,34H2,1-5H3,(H,35,39);1H/t27-,28-,29-,30-;/m0./s1. The molecule has 1 aliphatic rings. The van der Waals surface area contributed by atoms with E-state index in [1.807, 2.05) is 32.0 Å². The van der Waals surface area contributed by atoms with E-state index in [1.165, 1.54) is 0 Å². The molecule has 1 aromatic rings. The fraction of sp³-hybridized carbons (Fsp3) is 0.788. The van der Waals surface area contributed by atoms with Crippen LogP contribution in [0.2, 0.25) is 0 Å². The molecule has 1 fully saturated rings. The van der Waals surface area contributed by atoms with Crippen LogP contribution in [-0.2, 0) is 20.7 Å². The Balaban J connectivity index is 0.00000968. The fourth-order valence-electron chi connectivity index (χ4n) is 5.35. The number of ether oxygens (including phenoxy) is 4. The van der Waals surface area contributed by atoms with Crippen molar-refractivity contribution in [1.82, 2.24) is 10.2 Å². The second-order valence-corrected chi connectivity index (χ2v) is 12.4. The highest BCUT2D eigenvalue weighted by atomic mass is 35.5. The number of aliphatic hydroxyl groups excluding tert-OH is 2. The van der Waals surface area contributed by atoms with Crippen molar-refractivity contribution in [2.45, 2.75) is 71.9 Å². The van der Waals surface area contributed by atoms with Crippen LogP contribution in [0.1, 0.15) is 58.9 Å². The molecule has 1 amide bonds. The highest BCUT2D eigenvalue weighted by Crippen LogP contribution is 2.32. The van der Waals surface area contributed by atoms with Crippen LogP contribution in [-0.4, -0.2) is 106 Å². The number of nitrogens with two attached hydrogens (primary N) is 1. The Morgan fingerprint density at radius 1 is 1.02 bits per heavy atom. The zero-order valence-corrected chi connectivity index (χ0v) is 28.5. The largest absolute Gasteiger partial charge is 0.490 e. The third-order valence-electron chi connectivity index (χ3n) is 8.30. The summed E-state index contributed by atoms with van der Waals surface area (Å²) in [6.45, 7) is 14.6. The third kappa shape index (κ3) is 15.1. The number of nitrogens with one attached hydrogen (secondary N) is 1. The molecule has 256 valence electrons. The monoisotopic (exact) mass is 645 g/mol. The zero-order valence-electron chi connectivity index (χ0n) is 27.7. The first kappa shape index (κ1) is 40.4. The van der Waals surface area contributed by atoms with Gasteiger partial charge >= 0.3 is 0 Å². The van der Waals surface area contributed by atoms with Crippen molar-refractivity contribution in [3.8, 4) is 11.5 Å². The smallest absolute Gasteiger partial charge is 0.223 e. The van der Waals surface area contributed by atoms with E-state index in [0.717, 1.165) is 51.3 Å². The van der Waals surface area contributed by atoms with Gasteiger partial charge in [-0.3, -0.25) is 9.69 Å². The Hall–Kier alpha value is -1.66. The molecular weight excluding hydrogens is 586 g/mol. The summed E-state index contributed by atoms with van der Waals surface area (Å²) in [5, 5.41) is 23.3. The third-order valence-corrected chi connectivity index (χ3v) is 8.30. The predicted molar refractivity (Wildman–Crippen MR) is 177 cm³/mol. The van der Waals surface area contributed by atoms with Crippen LogP contribution in [0.15, 0.2) is 18.2 Å². The average Bonchev–Trinajstić information content (AvgIpc) is 2.98. The lowest BCUT2D eigenvalue weighted by molar-refractivity contribution is -0.127. The number of hydrogen-bond acceptors (Lipinski definition) is 9. The maximum atomic E-state index is 13.1. The molecule has 2 rings (SSSR count). The van der Waals surface area contributed by atoms with Gasteiger partial charge in [0.05, 0.1) is 32.5 Å². The summed E-state index contributed by atoms with van der Waals surface area (Å²) in [5.41, 5.74) is 7.70. The van der Waals surface area contributed by atoms with Crippen molar-refractivity contribution in [3.05, 3.63) is 23.8 Å². The van der Waals surface area contributed by atoms with Crippen LogP contribution in [0.5, 0.6) is 11.5 Å². The highest BCUT2D eigenvalue weighted by molar-refractivity contribution is 5.85. The number of rotatable bonds is 22. The summed E-state index contributed by atoms with van der Waals surface area (Å²) in [6.07, 6.45) is 2.29. The van der Waals surface area contributed by atoms with Gasteiger partial charge in [-0.25, -0.2) is 0 Å². The SMILES string of the molecule is COCCCOc1cc(C[C@@H](C[C@H](N)[C@@H](O)C[C@H](C(=O)NCCN2CCOCC2)C(C)C)C(C)C)ccc1OCCCO.Cl. The summed E-state index contributed by atoms with van der Waals surface area (Å²) in [7, 11) is 1.67. The first-order valence-electron chi connectivity index (χ1n) is 16.2. The number of methoxy groups -OCH3 is 1. The van der Waals surface area contributed by atoms with E-state index in [2.05, 4.69) is 24.1 Å². The summed E-state index contributed by atoms with van der Waals surface area (Å²) >= 11 is 0. The normalized spacial score (nSPS) is 16.7. The molecule has 1 heterocycles. The molecule has 0 aliphatic carbocycles. The molecule has 44 heavy (non-hydrogen) atoms. The fourth-order valence-corrected chi connectivity index (χ4v) is 5.35. The summed E-state index contributed by atoms with van der Waals surface area (Å²) in [6, 6.07) is 5.55. The Morgan fingerprint density at radius 2 is 1.70 bits per heavy atom. The Kier molecular flexibility index (Phi) is 20.9. The number of hydrogen-bond donors (Lipinski definition) is 4. The summed E-state index contributed by atoms with van der Waals surface area (Å²) < 4.78 is 22.4. The van der Waals surface area contributed by atoms with E-state index >= 15 is 0 Å². The number of carbonyl (C=O) groups excluding carboxylic acids is 1. The van der Waals surface area contributed by atoms with Crippen LogP contribution in [0.3, 0.4) is 0 Å². The van der Waals surface area contributed by atoms with Gasteiger partial charge in [0.1, 0.15) is 0 Å². The van der Waals surface area contributed by atoms with Crippen molar-refractivity contribution in [2.75, 3.05) is 72.9 Å². The molecule has 0 radical (unpaired) electrons. The molecular formula is C33H60ClN3O7. The van der Waals surface area contributed by atoms with E-state index in [4.69, 9.17) is 29.8 Å². The van der Waals surface area contributed by atoms with Crippen LogP contribution in [0, 0.1) is 23.7 Å². The Bertz CT molecular complexity index is 902. The van der Waals surface area contributed by atoms with Crippen molar-refractivity contribution >= 4 is 18.3 Å². The molecule has 1 saturated heterocycles. The van der Waals surface area contributed by atoms with Gasteiger partial charge in [0.2, 0.25) is 5.91 Å². The maximum absolute atomic E-state index is 13.1. The van der Waals surface area contributed by atoms with Gasteiger partial charge in [0.25, 0.3) is 0 Å². The van der Waals surface area contributed by atoms with E-state index in [0.29, 0.717) is 63.0 Å². The van der Waals surface area contributed by atoms with Gasteiger partial charge in [0, 0.05) is 71.3 Å². The van der Waals surface area contributed by atoms with Gasteiger partial charge in [-0.1, -0.05) is 33.8 Å². The molecule has 0 unspecified atom stereocenters. The molecule has 0 bridgehead atoms. The van der Waals surface area contributed by atoms with Gasteiger partial charge in [0.15, 0.2) is 11.5 Å². The van der Waals surface area contributed by atoms with E-state index in [-0.39, 0.29) is 42.7 Å². The molecule has 10 nitrogen and oxygen atoms in total. The molecule has 0 spiro atoms. The van der Waals surface area contributed by atoms with Crippen LogP contribution < -0.4 is 20.5 Å². The summed E-state index contributed by atoms with van der Waals surface area (Å²) in [4.78, 5) is 15.4. The zero-order chi connectivity index (χ0) is 31.6. The van der Waals surface area contributed by atoms with Crippen molar-refractivity contribution in [3.63, 3.8) is 0 Å². The van der Waals surface area contributed by atoms with Gasteiger partial charge < -0.3 is 40.2 Å². The number of amides is 1. The van der Waals surface area contributed by atoms with Crippen molar-refractivity contribution < 1.29 is 34.0 Å². The molecule has 4 atom stereocenters. The lowest BCUT2D eigenvalue weighted by Crippen LogP contribution is -2.45. The van der Waals surface area contributed by atoms with Crippen LogP contribution >= 0.6 is 12.4 Å². The molecule has 5 N–H and O–H groups in total. The summed E-state index contributed by atoms with van der Waals surface area (Å²) in [5.74, 6) is 1.67. The number of morpholine rings is 1. The molecule has 0 saturated carbocycles. The van der Waals surface area contributed by atoms with Gasteiger partial charge in [-0.15, -0.1) is 12.4 Å². The van der Waals surface area contributed by atoms with Gasteiger partial charge in [-0.05, 0) is 54.7 Å². The number of aliphatic hydroxyl groups is 2. The van der Waals surface area contributed by atoms with E-state index in [1.54, 1.807) is 7.11 Å². The second kappa shape index (κ2) is 22.8. The number of carbonyl (C=O) groups is 1.